The van der Waals surface area contributed by atoms with Crippen LogP contribution in [-0.4, -0.2) is 52.0 Å². The van der Waals surface area contributed by atoms with E-state index in [0.29, 0.717) is 18.7 Å². The topological polar surface area (TPSA) is 75.7 Å². The summed E-state index contributed by atoms with van der Waals surface area (Å²) < 4.78 is 31.9. The molecular weight excluding hydrogens is 312 g/mol. The summed E-state index contributed by atoms with van der Waals surface area (Å²) in [6, 6.07) is 0.147. The molecule has 6 nitrogen and oxygen atoms in total. The van der Waals surface area contributed by atoms with Gasteiger partial charge in [0.15, 0.2) is 0 Å². The molecule has 1 atom stereocenters. The summed E-state index contributed by atoms with van der Waals surface area (Å²) >= 11 is 1.11. The third-order valence-corrected chi connectivity index (χ3v) is 6.94. The van der Waals surface area contributed by atoms with Gasteiger partial charge in [-0.25, -0.2) is 13.2 Å². The second-order valence-corrected chi connectivity index (χ2v) is 7.81. The number of thiophene rings is 1. The van der Waals surface area contributed by atoms with Crippen molar-refractivity contribution >= 4 is 27.3 Å². The van der Waals surface area contributed by atoms with Crippen LogP contribution in [0.4, 0.5) is 0 Å². The van der Waals surface area contributed by atoms with E-state index in [1.54, 1.807) is 12.3 Å². The molecule has 1 aromatic rings. The van der Waals surface area contributed by atoms with E-state index in [9.17, 15) is 13.2 Å². The highest BCUT2D eigenvalue weighted by molar-refractivity contribution is 7.89. The number of nitrogens with zero attached hydrogens (tertiary/aromatic N) is 1. The number of hydrogen-bond donors (Lipinski definition) is 1. The Morgan fingerprint density at radius 1 is 1.52 bits per heavy atom. The lowest BCUT2D eigenvalue weighted by Gasteiger charge is -2.31. The highest BCUT2D eigenvalue weighted by Gasteiger charge is 2.35. The Balaban J connectivity index is 2.40. The van der Waals surface area contributed by atoms with Crippen LogP contribution in [0.5, 0.6) is 0 Å². The minimum Gasteiger partial charge on any atom is -0.465 e. The van der Waals surface area contributed by atoms with Gasteiger partial charge in [-0.3, -0.25) is 0 Å². The largest absolute Gasteiger partial charge is 0.465 e. The first-order chi connectivity index (χ1) is 9.91. The van der Waals surface area contributed by atoms with Crippen molar-refractivity contribution in [2.45, 2.75) is 30.7 Å². The van der Waals surface area contributed by atoms with Crippen molar-refractivity contribution in [1.82, 2.24) is 9.62 Å². The Morgan fingerprint density at radius 3 is 2.86 bits per heavy atom. The number of carbonyl (C=O) groups excluding carboxylic acids is 1. The lowest BCUT2D eigenvalue weighted by Crippen LogP contribution is -2.47. The molecule has 0 spiro atoms. The van der Waals surface area contributed by atoms with Crippen LogP contribution in [0.15, 0.2) is 10.3 Å². The van der Waals surface area contributed by atoms with Crippen LogP contribution in [0.2, 0.25) is 0 Å². The molecule has 0 amide bonds. The van der Waals surface area contributed by atoms with Gasteiger partial charge in [0, 0.05) is 19.1 Å². The summed E-state index contributed by atoms with van der Waals surface area (Å²) in [7, 11) is -0.590. The van der Waals surface area contributed by atoms with Crippen LogP contribution in [0, 0.1) is 6.92 Å². The summed E-state index contributed by atoms with van der Waals surface area (Å²) in [5, 5.41) is 4.80. The molecule has 1 unspecified atom stereocenters. The van der Waals surface area contributed by atoms with E-state index >= 15 is 0 Å². The van der Waals surface area contributed by atoms with Crippen LogP contribution in [-0.2, 0) is 14.8 Å². The first-order valence-electron chi connectivity index (χ1n) is 6.75. The van der Waals surface area contributed by atoms with Crippen molar-refractivity contribution in [2.75, 3.05) is 27.2 Å². The van der Waals surface area contributed by atoms with Gasteiger partial charge in [0.05, 0.1) is 7.11 Å². The van der Waals surface area contributed by atoms with Gasteiger partial charge in [-0.15, -0.1) is 11.3 Å². The number of piperidine rings is 1. The van der Waals surface area contributed by atoms with Gasteiger partial charge in [-0.1, -0.05) is 0 Å². The van der Waals surface area contributed by atoms with Gasteiger partial charge < -0.3 is 10.1 Å². The summed E-state index contributed by atoms with van der Waals surface area (Å²) in [4.78, 5) is 12.0. The van der Waals surface area contributed by atoms with Gasteiger partial charge in [0.1, 0.15) is 9.77 Å². The zero-order chi connectivity index (χ0) is 15.6. The SMILES string of the molecule is CNC1CCCN(S(=O)(=O)c2c(C)csc2C(=O)OC)C1. The molecule has 0 aromatic carbocycles. The lowest BCUT2D eigenvalue weighted by molar-refractivity contribution is 0.0602. The average molecular weight is 332 g/mol. The van der Waals surface area contributed by atoms with Crippen LogP contribution in [0.3, 0.4) is 0 Å². The molecule has 0 radical (unpaired) electrons. The Kier molecular flexibility index (Phi) is 5.03. The fourth-order valence-electron chi connectivity index (χ4n) is 2.51. The number of hydrogen-bond acceptors (Lipinski definition) is 6. The monoisotopic (exact) mass is 332 g/mol. The second-order valence-electron chi connectivity index (χ2n) is 5.06. The number of esters is 1. The maximum Gasteiger partial charge on any atom is 0.349 e. The van der Waals surface area contributed by atoms with Crippen molar-refractivity contribution in [3.8, 4) is 0 Å². The van der Waals surface area contributed by atoms with E-state index in [1.165, 1.54) is 11.4 Å². The average Bonchev–Trinajstić information content (AvgIpc) is 2.89. The van der Waals surface area contributed by atoms with Gasteiger partial charge in [-0.2, -0.15) is 4.31 Å². The van der Waals surface area contributed by atoms with Crippen LogP contribution in [0.1, 0.15) is 28.1 Å². The van der Waals surface area contributed by atoms with Crippen LogP contribution in [0.25, 0.3) is 0 Å². The molecule has 1 aliphatic rings. The zero-order valence-electron chi connectivity index (χ0n) is 12.4. The van der Waals surface area contributed by atoms with Crippen molar-refractivity contribution < 1.29 is 17.9 Å². The molecule has 21 heavy (non-hydrogen) atoms. The van der Waals surface area contributed by atoms with Gasteiger partial charge >= 0.3 is 5.97 Å². The van der Waals surface area contributed by atoms with E-state index in [4.69, 9.17) is 4.74 Å². The van der Waals surface area contributed by atoms with Crippen molar-refractivity contribution in [1.29, 1.82) is 0 Å². The molecule has 1 aromatic heterocycles. The number of likely N-dealkylation sites (N-methyl/N-ethyl adjacent to an activating group) is 1. The lowest BCUT2D eigenvalue weighted by atomic mass is 10.1. The molecule has 2 rings (SSSR count). The van der Waals surface area contributed by atoms with Crippen molar-refractivity contribution in [3.63, 3.8) is 0 Å². The predicted octanol–water partition coefficient (Wildman–Crippen LogP) is 1.22. The maximum atomic E-state index is 12.9. The molecule has 0 aliphatic carbocycles. The predicted molar refractivity (Wildman–Crippen MR) is 81.2 cm³/mol. The molecule has 0 bridgehead atoms. The first-order valence-corrected chi connectivity index (χ1v) is 9.07. The van der Waals surface area contributed by atoms with E-state index in [2.05, 4.69) is 5.32 Å². The van der Waals surface area contributed by atoms with Crippen LogP contribution < -0.4 is 5.32 Å². The maximum absolute atomic E-state index is 12.9. The summed E-state index contributed by atoms with van der Waals surface area (Å²) in [6.45, 7) is 2.61. The quantitative estimate of drug-likeness (QED) is 0.839. The highest BCUT2D eigenvalue weighted by atomic mass is 32.2. The molecule has 2 heterocycles. The molecule has 0 saturated carbocycles. The molecule has 1 saturated heterocycles. The Labute approximate surface area is 129 Å². The number of rotatable bonds is 4. The van der Waals surface area contributed by atoms with Crippen molar-refractivity contribution in [2.24, 2.45) is 0 Å². The fourth-order valence-corrected chi connectivity index (χ4v) is 5.70. The smallest absolute Gasteiger partial charge is 0.349 e. The van der Waals surface area contributed by atoms with E-state index in [-0.39, 0.29) is 15.8 Å². The number of nitrogens with one attached hydrogen (secondary N) is 1. The van der Waals surface area contributed by atoms with Gasteiger partial charge in [-0.05, 0) is 37.8 Å². The zero-order valence-corrected chi connectivity index (χ0v) is 14.0. The second kappa shape index (κ2) is 6.43. The molecule has 1 N–H and O–H groups in total. The minimum absolute atomic E-state index is 0.0936. The van der Waals surface area contributed by atoms with Crippen molar-refractivity contribution in [3.05, 3.63) is 15.8 Å². The van der Waals surface area contributed by atoms with Gasteiger partial charge in [0.25, 0.3) is 0 Å². The Bertz CT molecular complexity index is 624. The standard InChI is InChI=1S/C13H20N2O4S2/c1-9-8-20-11(13(16)19-3)12(9)21(17,18)15-6-4-5-10(7-15)14-2/h8,10,14H,4-7H2,1-3H3. The Morgan fingerprint density at radius 2 is 2.24 bits per heavy atom. The van der Waals surface area contributed by atoms with Gasteiger partial charge in [0.2, 0.25) is 10.0 Å². The molecular formula is C13H20N2O4S2. The minimum atomic E-state index is -3.68. The fraction of sp³-hybridized carbons (Fsp3) is 0.615. The number of sulfonamides is 1. The molecule has 8 heteroatoms. The summed E-state index contributed by atoms with van der Waals surface area (Å²) in [5.41, 5.74) is 0.590. The third kappa shape index (κ3) is 3.13. The van der Waals surface area contributed by atoms with E-state index < -0.39 is 16.0 Å². The number of ether oxygens (including phenoxy) is 1. The van der Waals surface area contributed by atoms with E-state index in [0.717, 1.165) is 24.2 Å². The molecule has 1 aliphatic heterocycles. The number of carbonyl (C=O) groups is 1. The third-order valence-electron chi connectivity index (χ3n) is 3.68. The molecule has 1 fully saturated rings. The normalized spacial score (nSPS) is 20.4. The van der Waals surface area contributed by atoms with E-state index in [1.807, 2.05) is 7.05 Å². The molecule has 118 valence electrons. The highest BCUT2D eigenvalue weighted by Crippen LogP contribution is 2.31. The van der Waals surface area contributed by atoms with Crippen LogP contribution >= 0.6 is 11.3 Å². The number of aryl methyl sites for hydroxylation is 1. The summed E-state index contributed by atoms with van der Waals surface area (Å²) in [6.07, 6.45) is 1.76. The summed E-state index contributed by atoms with van der Waals surface area (Å²) in [5.74, 6) is -0.603. The first kappa shape index (κ1) is 16.4. The number of methoxy groups -OCH3 is 1. The Hall–Kier alpha value is -0.960.